The number of nitrogen functional groups attached to an aromatic ring is 1. The van der Waals surface area contributed by atoms with E-state index in [-0.39, 0.29) is 5.82 Å². The molecule has 2 rings (SSSR count). The Morgan fingerprint density at radius 2 is 1.88 bits per heavy atom. The molecule has 0 atom stereocenters. The van der Waals surface area contributed by atoms with Gasteiger partial charge in [0.15, 0.2) is 0 Å². The minimum Gasteiger partial charge on any atom is -0.496 e. The van der Waals surface area contributed by atoms with Crippen molar-refractivity contribution < 1.29 is 9.13 Å². The molecule has 0 amide bonds. The van der Waals surface area contributed by atoms with Crippen molar-refractivity contribution in [1.82, 2.24) is 0 Å². The van der Waals surface area contributed by atoms with Gasteiger partial charge in [-0.2, -0.15) is 0 Å². The number of hydrogen-bond acceptors (Lipinski definition) is 2. The highest BCUT2D eigenvalue weighted by atomic mass is 19.1. The predicted molar refractivity (Wildman–Crippen MR) is 67.5 cm³/mol. The summed E-state index contributed by atoms with van der Waals surface area (Å²) in [4.78, 5) is 0. The summed E-state index contributed by atoms with van der Waals surface area (Å²) >= 11 is 0. The number of rotatable bonds is 2. The van der Waals surface area contributed by atoms with E-state index in [1.165, 1.54) is 12.1 Å². The number of benzene rings is 2. The first-order valence-corrected chi connectivity index (χ1v) is 5.32. The molecule has 0 aliphatic carbocycles. The summed E-state index contributed by atoms with van der Waals surface area (Å²) in [5, 5.41) is 0. The SMILES string of the molecule is COc1ccc(F)cc1-c1ccc(N)c(C)c1. The van der Waals surface area contributed by atoms with Crippen molar-refractivity contribution in [2.75, 3.05) is 12.8 Å². The third kappa shape index (κ3) is 2.23. The first-order chi connectivity index (χ1) is 8.11. The van der Waals surface area contributed by atoms with Gasteiger partial charge >= 0.3 is 0 Å². The Morgan fingerprint density at radius 3 is 2.53 bits per heavy atom. The second kappa shape index (κ2) is 4.45. The van der Waals surface area contributed by atoms with Crippen molar-refractivity contribution in [2.24, 2.45) is 0 Å². The molecule has 2 nitrogen and oxygen atoms in total. The second-order valence-corrected chi connectivity index (χ2v) is 3.92. The van der Waals surface area contributed by atoms with E-state index in [1.54, 1.807) is 13.2 Å². The zero-order valence-electron chi connectivity index (χ0n) is 9.83. The van der Waals surface area contributed by atoms with Gasteiger partial charge < -0.3 is 10.5 Å². The van der Waals surface area contributed by atoms with Crippen molar-refractivity contribution >= 4 is 5.69 Å². The Hall–Kier alpha value is -2.03. The summed E-state index contributed by atoms with van der Waals surface area (Å²) in [7, 11) is 1.57. The first kappa shape index (κ1) is 11.5. The topological polar surface area (TPSA) is 35.2 Å². The number of halogens is 1. The third-order valence-corrected chi connectivity index (χ3v) is 2.74. The third-order valence-electron chi connectivity index (χ3n) is 2.74. The van der Waals surface area contributed by atoms with Gasteiger partial charge in [-0.05, 0) is 48.4 Å². The van der Waals surface area contributed by atoms with Crippen LogP contribution in [0.25, 0.3) is 11.1 Å². The maximum Gasteiger partial charge on any atom is 0.126 e. The fourth-order valence-electron chi connectivity index (χ4n) is 1.75. The van der Waals surface area contributed by atoms with E-state index >= 15 is 0 Å². The van der Waals surface area contributed by atoms with Gasteiger partial charge in [-0.25, -0.2) is 4.39 Å². The van der Waals surface area contributed by atoms with Gasteiger partial charge in [-0.3, -0.25) is 0 Å². The molecule has 0 spiro atoms. The van der Waals surface area contributed by atoms with E-state index in [2.05, 4.69) is 0 Å². The maximum absolute atomic E-state index is 13.3. The van der Waals surface area contributed by atoms with E-state index in [0.717, 1.165) is 22.4 Å². The predicted octanol–water partition coefficient (Wildman–Crippen LogP) is 3.39. The minimum atomic E-state index is -0.282. The summed E-state index contributed by atoms with van der Waals surface area (Å²) in [6, 6.07) is 10.1. The van der Waals surface area contributed by atoms with Crippen LogP contribution in [0.3, 0.4) is 0 Å². The molecule has 2 aromatic rings. The van der Waals surface area contributed by atoms with Crippen molar-refractivity contribution in [3.63, 3.8) is 0 Å². The molecular formula is C14H14FNO. The number of aryl methyl sites for hydroxylation is 1. The summed E-state index contributed by atoms with van der Waals surface area (Å²) in [5.41, 5.74) is 9.08. The lowest BCUT2D eigenvalue weighted by molar-refractivity contribution is 0.415. The van der Waals surface area contributed by atoms with Crippen molar-refractivity contribution in [1.29, 1.82) is 0 Å². The highest BCUT2D eigenvalue weighted by Crippen LogP contribution is 2.32. The van der Waals surface area contributed by atoms with Crippen LogP contribution >= 0.6 is 0 Å². The van der Waals surface area contributed by atoms with Gasteiger partial charge in [0, 0.05) is 11.3 Å². The maximum atomic E-state index is 13.3. The number of nitrogens with two attached hydrogens (primary N) is 1. The smallest absolute Gasteiger partial charge is 0.126 e. The number of hydrogen-bond donors (Lipinski definition) is 1. The van der Waals surface area contributed by atoms with E-state index in [0.29, 0.717) is 5.75 Å². The number of methoxy groups -OCH3 is 1. The zero-order chi connectivity index (χ0) is 12.4. The standard InChI is InChI=1S/C14H14FNO/c1-9-7-10(3-5-13(9)16)12-8-11(15)4-6-14(12)17-2/h3-8H,16H2,1-2H3. The minimum absolute atomic E-state index is 0.282. The summed E-state index contributed by atoms with van der Waals surface area (Å²) in [6.45, 7) is 1.92. The summed E-state index contributed by atoms with van der Waals surface area (Å²) < 4.78 is 18.5. The molecule has 0 heterocycles. The Bertz CT molecular complexity index is 552. The van der Waals surface area contributed by atoms with E-state index in [9.17, 15) is 4.39 Å². The lowest BCUT2D eigenvalue weighted by Gasteiger charge is -2.10. The largest absolute Gasteiger partial charge is 0.496 e. The fraction of sp³-hybridized carbons (Fsp3) is 0.143. The lowest BCUT2D eigenvalue weighted by atomic mass is 10.0. The quantitative estimate of drug-likeness (QED) is 0.804. The van der Waals surface area contributed by atoms with E-state index in [1.807, 2.05) is 25.1 Å². The Balaban J connectivity index is 2.58. The van der Waals surface area contributed by atoms with E-state index in [4.69, 9.17) is 10.5 Å². The van der Waals surface area contributed by atoms with Crippen LogP contribution in [0.1, 0.15) is 5.56 Å². The number of anilines is 1. The highest BCUT2D eigenvalue weighted by Gasteiger charge is 2.08. The molecular weight excluding hydrogens is 217 g/mol. The summed E-state index contributed by atoms with van der Waals surface area (Å²) in [6.07, 6.45) is 0. The molecule has 0 saturated heterocycles. The zero-order valence-corrected chi connectivity index (χ0v) is 9.83. The molecule has 2 N–H and O–H groups in total. The van der Waals surface area contributed by atoms with Gasteiger partial charge in [0.1, 0.15) is 11.6 Å². The average Bonchev–Trinajstić information content (AvgIpc) is 2.32. The molecule has 0 radical (unpaired) electrons. The van der Waals surface area contributed by atoms with Crippen molar-refractivity contribution in [3.8, 4) is 16.9 Å². The van der Waals surface area contributed by atoms with Gasteiger partial charge in [-0.1, -0.05) is 6.07 Å². The van der Waals surface area contributed by atoms with E-state index < -0.39 is 0 Å². The number of ether oxygens (including phenoxy) is 1. The van der Waals surface area contributed by atoms with Crippen molar-refractivity contribution in [2.45, 2.75) is 6.92 Å². The van der Waals surface area contributed by atoms with Crippen LogP contribution in [0.15, 0.2) is 36.4 Å². The van der Waals surface area contributed by atoms with Crippen LogP contribution in [0.4, 0.5) is 10.1 Å². The Labute approximate surface area is 99.8 Å². The molecule has 2 aromatic carbocycles. The molecule has 0 saturated carbocycles. The van der Waals surface area contributed by atoms with Gasteiger partial charge in [0.25, 0.3) is 0 Å². The monoisotopic (exact) mass is 231 g/mol. The molecule has 0 aromatic heterocycles. The van der Waals surface area contributed by atoms with Gasteiger partial charge in [0.2, 0.25) is 0 Å². The lowest BCUT2D eigenvalue weighted by Crippen LogP contribution is -1.92. The molecule has 0 aliphatic rings. The molecule has 88 valence electrons. The van der Waals surface area contributed by atoms with Crippen molar-refractivity contribution in [3.05, 3.63) is 47.8 Å². The van der Waals surface area contributed by atoms with Crippen LogP contribution in [-0.4, -0.2) is 7.11 Å². The van der Waals surface area contributed by atoms with Gasteiger partial charge in [0.05, 0.1) is 7.11 Å². The molecule has 0 aliphatic heterocycles. The van der Waals surface area contributed by atoms with Crippen LogP contribution < -0.4 is 10.5 Å². The molecule has 0 fully saturated rings. The Morgan fingerprint density at radius 1 is 1.12 bits per heavy atom. The van der Waals surface area contributed by atoms with Gasteiger partial charge in [-0.15, -0.1) is 0 Å². The average molecular weight is 231 g/mol. The molecule has 0 unspecified atom stereocenters. The molecule has 3 heteroatoms. The fourth-order valence-corrected chi connectivity index (χ4v) is 1.75. The molecule has 17 heavy (non-hydrogen) atoms. The Kier molecular flexibility index (Phi) is 3.00. The van der Waals surface area contributed by atoms with Crippen LogP contribution in [-0.2, 0) is 0 Å². The second-order valence-electron chi connectivity index (χ2n) is 3.92. The van der Waals surface area contributed by atoms with Crippen LogP contribution in [0.2, 0.25) is 0 Å². The first-order valence-electron chi connectivity index (χ1n) is 5.32. The van der Waals surface area contributed by atoms with Crippen LogP contribution in [0.5, 0.6) is 5.75 Å². The molecule has 0 bridgehead atoms. The van der Waals surface area contributed by atoms with Crippen LogP contribution in [0, 0.1) is 12.7 Å². The normalized spacial score (nSPS) is 10.3. The summed E-state index contributed by atoms with van der Waals surface area (Å²) in [5.74, 6) is 0.367. The highest BCUT2D eigenvalue weighted by molar-refractivity contribution is 5.73.